The largest absolute Gasteiger partial charge is 0.392 e. The van der Waals surface area contributed by atoms with Crippen LogP contribution in [-0.4, -0.2) is 104 Å². The summed E-state index contributed by atoms with van der Waals surface area (Å²) in [5.74, 6) is 2.39. The van der Waals surface area contributed by atoms with Crippen LogP contribution >= 0.6 is 43.5 Å². The molecule has 8 aromatic rings. The smallest absolute Gasteiger partial charge is 0.0724 e. The number of alkyl halides is 2. The molecule has 496 valence electrons. The topological polar surface area (TPSA) is 227 Å². The van der Waals surface area contributed by atoms with E-state index < -0.39 is 0 Å². The summed E-state index contributed by atoms with van der Waals surface area (Å²) in [6.07, 6.45) is 34.3. The van der Waals surface area contributed by atoms with E-state index in [0.29, 0.717) is 43.4 Å². The first-order valence-electron chi connectivity index (χ1n) is 30.8. The van der Waals surface area contributed by atoms with Crippen molar-refractivity contribution in [3.63, 3.8) is 0 Å². The lowest BCUT2D eigenvalue weighted by Gasteiger charge is -2.28. The Bertz CT molecular complexity index is 2630. The minimum atomic E-state index is 0.0586. The molecule has 0 spiro atoms. The van der Waals surface area contributed by atoms with Gasteiger partial charge in [0.25, 0.3) is 0 Å². The van der Waals surface area contributed by atoms with Gasteiger partial charge in [-0.3, -0.25) is 39.9 Å². The third-order valence-electron chi connectivity index (χ3n) is 12.6. The summed E-state index contributed by atoms with van der Waals surface area (Å²) >= 11 is 11.8. The molecule has 2 fully saturated rings. The van der Waals surface area contributed by atoms with E-state index in [1.54, 1.807) is 86.1 Å². The van der Waals surface area contributed by atoms with Gasteiger partial charge in [0.15, 0.2) is 0 Å². The number of halogens is 3. The van der Waals surface area contributed by atoms with Gasteiger partial charge in [0.05, 0.1) is 51.8 Å². The van der Waals surface area contributed by atoms with Crippen molar-refractivity contribution in [3.05, 3.63) is 238 Å². The molecule has 10 heterocycles. The maximum absolute atomic E-state index is 8.69. The van der Waals surface area contributed by atoms with Crippen LogP contribution in [0.4, 0.5) is 0 Å². The third kappa shape index (κ3) is 43.0. The number of ether oxygens (including phenoxy) is 2. The van der Waals surface area contributed by atoms with Crippen LogP contribution < -0.4 is 10.6 Å². The van der Waals surface area contributed by atoms with Crippen LogP contribution in [0.5, 0.6) is 0 Å². The molecule has 2 aliphatic heterocycles. The molecule has 0 amide bonds. The Morgan fingerprint density at radius 1 is 0.433 bits per heavy atom. The number of aliphatic hydroxyl groups excluding tert-OH is 4. The predicted octanol–water partition coefficient (Wildman–Crippen LogP) is 15.0. The van der Waals surface area contributed by atoms with Crippen LogP contribution in [0.3, 0.4) is 0 Å². The first kappa shape index (κ1) is 86.2. The van der Waals surface area contributed by atoms with Crippen LogP contribution in [-0.2, 0) is 61.4 Å². The van der Waals surface area contributed by atoms with Crippen LogP contribution in [0.2, 0.25) is 0 Å². The first-order chi connectivity index (χ1) is 43.9. The van der Waals surface area contributed by atoms with Gasteiger partial charge in [-0.2, -0.15) is 0 Å². The lowest BCUT2D eigenvalue weighted by atomic mass is 10.0. The molecule has 6 N–H and O–H groups in total. The Morgan fingerprint density at radius 3 is 1.03 bits per heavy atom. The summed E-state index contributed by atoms with van der Waals surface area (Å²) in [5, 5.41) is 41.2. The Kier molecular flexibility index (Phi) is 58.1. The molecule has 10 rings (SSSR count). The number of hydrogen-bond donors (Lipinski definition) is 6. The van der Waals surface area contributed by atoms with E-state index in [9.17, 15) is 0 Å². The number of aryl methyl sites for hydroxylation is 4. The summed E-state index contributed by atoms with van der Waals surface area (Å²) < 4.78 is 12.7. The number of aromatic nitrogens is 8. The number of aliphatic hydroxyl groups is 4. The minimum Gasteiger partial charge on any atom is -0.392 e. The van der Waals surface area contributed by atoms with Crippen molar-refractivity contribution in [1.29, 1.82) is 0 Å². The number of pyridine rings is 8. The molecular weight excluding hydrogens is 1280 g/mol. The Labute approximate surface area is 561 Å². The zero-order chi connectivity index (χ0) is 67.4. The Morgan fingerprint density at radius 2 is 0.756 bits per heavy atom. The SMILES string of the molecule is CBr.CC.CC.CC.CC1CC(OCc2ccncc2)CCN1.CCc1ccncc1.Cc1cnccc1CCl.Cc1cnccc1CO.Cc1cnccc1COC1CCNC(C)C1.OCc1ccncc1.OCc1ccncc1.OCc1ccncc1Br. The molecule has 4 unspecified atom stereocenters. The van der Waals surface area contributed by atoms with E-state index in [0.717, 1.165) is 88.6 Å². The van der Waals surface area contributed by atoms with Gasteiger partial charge < -0.3 is 40.5 Å². The van der Waals surface area contributed by atoms with Crippen molar-refractivity contribution in [2.75, 3.05) is 18.9 Å². The Balaban J connectivity index is 0. The van der Waals surface area contributed by atoms with Gasteiger partial charge in [0.1, 0.15) is 0 Å². The summed E-state index contributed by atoms with van der Waals surface area (Å²) in [7, 11) is 0. The maximum Gasteiger partial charge on any atom is 0.0724 e. The van der Waals surface area contributed by atoms with Crippen molar-refractivity contribution in [3.8, 4) is 0 Å². The van der Waals surface area contributed by atoms with Crippen LogP contribution in [0.1, 0.15) is 149 Å². The zero-order valence-corrected chi connectivity index (χ0v) is 59.6. The van der Waals surface area contributed by atoms with E-state index >= 15 is 0 Å². The molecule has 0 radical (unpaired) electrons. The lowest BCUT2D eigenvalue weighted by Crippen LogP contribution is -2.39. The second-order valence-electron chi connectivity index (χ2n) is 19.0. The Hall–Kier alpha value is -5.87. The van der Waals surface area contributed by atoms with E-state index in [2.05, 4.69) is 110 Å². The van der Waals surface area contributed by atoms with Crippen LogP contribution in [0.15, 0.2) is 176 Å². The maximum atomic E-state index is 8.69. The first-order valence-corrected chi connectivity index (χ1v) is 33.7. The number of nitrogens with zero attached hydrogens (tertiary/aromatic N) is 8. The molecule has 0 aromatic carbocycles. The van der Waals surface area contributed by atoms with E-state index in [1.165, 1.54) is 22.3 Å². The molecule has 90 heavy (non-hydrogen) atoms. The van der Waals surface area contributed by atoms with E-state index in [-0.39, 0.29) is 26.4 Å². The van der Waals surface area contributed by atoms with Crippen LogP contribution in [0.25, 0.3) is 0 Å². The van der Waals surface area contributed by atoms with Crippen molar-refractivity contribution in [2.45, 2.75) is 185 Å². The van der Waals surface area contributed by atoms with Gasteiger partial charge in [0.2, 0.25) is 0 Å². The van der Waals surface area contributed by atoms with Crippen molar-refractivity contribution >= 4 is 43.5 Å². The molecule has 19 heteroatoms. The summed E-state index contributed by atoms with van der Waals surface area (Å²) in [4.78, 5) is 31.2. The number of rotatable bonds is 12. The number of nitrogens with one attached hydrogen (secondary N) is 2. The van der Waals surface area contributed by atoms with Crippen LogP contribution in [0, 0.1) is 20.8 Å². The molecule has 2 saturated heterocycles. The fourth-order valence-electron chi connectivity index (χ4n) is 7.50. The normalized spacial score (nSPS) is 14.5. The molecule has 0 bridgehead atoms. The van der Waals surface area contributed by atoms with Gasteiger partial charge in [0, 0.05) is 122 Å². The van der Waals surface area contributed by atoms with Crippen molar-refractivity contribution in [2.24, 2.45) is 0 Å². The molecule has 16 nitrogen and oxygen atoms in total. The average Bonchev–Trinajstić information content (AvgIpc) is 3.75. The van der Waals surface area contributed by atoms with Crippen molar-refractivity contribution in [1.82, 2.24) is 50.5 Å². The molecule has 4 atom stereocenters. The molecule has 0 aliphatic carbocycles. The monoisotopic (exact) mass is 1390 g/mol. The number of piperidine rings is 2. The summed E-state index contributed by atoms with van der Waals surface area (Å²) in [5.41, 5.74) is 12.0. The fraction of sp³-hybridized carbons (Fsp3) is 0.437. The average molecular weight is 1390 g/mol. The summed E-state index contributed by atoms with van der Waals surface area (Å²) in [6, 6.07) is 23.9. The highest BCUT2D eigenvalue weighted by atomic mass is 79.9. The van der Waals surface area contributed by atoms with Crippen molar-refractivity contribution < 1.29 is 29.9 Å². The highest BCUT2D eigenvalue weighted by Gasteiger charge is 2.19. The molecule has 2 aliphatic rings. The van der Waals surface area contributed by atoms with Gasteiger partial charge in [-0.25, -0.2) is 0 Å². The number of hydrogen-bond acceptors (Lipinski definition) is 16. The molecular formula is C71H105Br2ClN10O6. The minimum absolute atomic E-state index is 0.0586. The highest BCUT2D eigenvalue weighted by molar-refractivity contribution is 9.10. The standard InChI is InChI=1S/C13H20N2O.C12H18N2O.C7H8ClN.C7H9NO.C7H9N.C6H6BrNO.2C6H7NO.3C2H6.CH3Br/c1-10-8-14-5-3-12(10)9-16-13-4-6-15-11(2)7-13;1-10-8-12(4-7-14-10)15-9-11-2-5-13-6-3-11;1-6-5-9-3-2-7(6)4-8;1-6-4-8-3-2-7(6)5-9;1-2-7-3-5-8-6-4-7;7-6-3-8-2-1-5(6)4-9;2*8-5-6-1-3-7-4-2-6;4*1-2/h3,5,8,11,13,15H,4,6-7,9H2,1-2H3;2-3,5-6,10,12,14H,4,7-9H2,1H3;2-3,5H,4H2,1H3;2-4,9H,5H2,1H3;3-6H,2H2,1H3;1-3,9H,4H2;2*1-4,8H,5H2;3*1-2H3;1H3. The quantitative estimate of drug-likeness (QED) is 0.0625. The van der Waals surface area contributed by atoms with Gasteiger partial charge in [-0.05, 0) is 236 Å². The second kappa shape index (κ2) is 60.7. The fourth-order valence-corrected chi connectivity index (χ4v) is 8.17. The summed E-state index contributed by atoms with van der Waals surface area (Å²) in [6.45, 7) is 28.5. The third-order valence-corrected chi connectivity index (χ3v) is 13.6. The zero-order valence-electron chi connectivity index (χ0n) is 55.7. The molecule has 0 saturated carbocycles. The highest BCUT2D eigenvalue weighted by Crippen LogP contribution is 2.17. The second-order valence-corrected chi connectivity index (χ2v) is 20.2. The van der Waals surface area contributed by atoms with E-state index in [4.69, 9.17) is 41.5 Å². The van der Waals surface area contributed by atoms with Gasteiger partial charge in [-0.15, -0.1) is 11.6 Å². The van der Waals surface area contributed by atoms with Gasteiger partial charge in [-0.1, -0.05) is 64.4 Å². The van der Waals surface area contributed by atoms with E-state index in [1.807, 2.05) is 147 Å². The lowest BCUT2D eigenvalue weighted by molar-refractivity contribution is 0.0123. The van der Waals surface area contributed by atoms with Gasteiger partial charge >= 0.3 is 0 Å². The molecule has 8 aromatic heterocycles. The predicted molar refractivity (Wildman–Crippen MR) is 378 cm³/mol.